The minimum Gasteiger partial charge on any atom is -0.418 e. The summed E-state index contributed by atoms with van der Waals surface area (Å²) in [4.78, 5) is 0. The van der Waals surface area contributed by atoms with Gasteiger partial charge in [0.15, 0.2) is 5.79 Å². The number of rotatable bonds is 1. The summed E-state index contributed by atoms with van der Waals surface area (Å²) in [6, 6.07) is 0. The monoisotopic (exact) mass is 140 g/mol. The molecule has 2 aliphatic rings. The summed E-state index contributed by atoms with van der Waals surface area (Å²) < 4.78 is 11.0. The maximum Gasteiger partial charge on any atom is 0.261 e. The van der Waals surface area contributed by atoms with Crippen molar-refractivity contribution >= 4 is 8.05 Å². The Labute approximate surface area is 62.3 Å². The van der Waals surface area contributed by atoms with Gasteiger partial charge in [0, 0.05) is 12.3 Å². The van der Waals surface area contributed by atoms with Crippen LogP contribution in [0.25, 0.3) is 0 Å². The van der Waals surface area contributed by atoms with Crippen molar-refractivity contribution in [1.29, 1.82) is 0 Å². The summed E-state index contributed by atoms with van der Waals surface area (Å²) in [5, 5.41) is 0. The fourth-order valence-electron chi connectivity index (χ4n) is 2.27. The molecule has 1 aliphatic heterocycles. The van der Waals surface area contributed by atoms with Gasteiger partial charge < -0.3 is 9.39 Å². The fraction of sp³-hybridized carbons (Fsp3) is 1.00. The second kappa shape index (κ2) is 2.24. The van der Waals surface area contributed by atoms with Crippen molar-refractivity contribution in [2.24, 2.45) is 5.92 Å². The molecule has 2 atom stereocenters. The molecular formula is C7H13BO2. The highest BCUT2D eigenvalue weighted by molar-refractivity contribution is 5.98. The minimum atomic E-state index is -0.153. The van der Waals surface area contributed by atoms with E-state index in [1.54, 1.807) is 8.05 Å². The van der Waals surface area contributed by atoms with Crippen molar-refractivity contribution in [3.63, 3.8) is 0 Å². The molecule has 10 heavy (non-hydrogen) atoms. The van der Waals surface area contributed by atoms with E-state index in [0.717, 1.165) is 13.0 Å². The maximum absolute atomic E-state index is 5.59. The molecule has 1 heterocycles. The van der Waals surface area contributed by atoms with Crippen LogP contribution in [0.2, 0.25) is 0 Å². The summed E-state index contributed by atoms with van der Waals surface area (Å²) in [6.45, 7) is 0.901. The summed E-state index contributed by atoms with van der Waals surface area (Å²) in [5.74, 6) is 0.539. The van der Waals surface area contributed by atoms with E-state index < -0.39 is 0 Å². The molecule has 2 rings (SSSR count). The highest BCUT2D eigenvalue weighted by atomic mass is 16.7. The van der Waals surface area contributed by atoms with Crippen LogP contribution in [0, 0.1) is 5.92 Å². The zero-order valence-corrected chi connectivity index (χ0v) is 6.43. The standard InChI is InChI=1S/C7H13BO2/c8-10-7-4-1-2-6(7)3-5-9-7/h6H,1-5,8H2. The van der Waals surface area contributed by atoms with Crippen molar-refractivity contribution < 1.29 is 9.39 Å². The van der Waals surface area contributed by atoms with Crippen molar-refractivity contribution in [2.45, 2.75) is 31.5 Å². The van der Waals surface area contributed by atoms with E-state index in [2.05, 4.69) is 0 Å². The van der Waals surface area contributed by atoms with Crippen LogP contribution < -0.4 is 0 Å². The first kappa shape index (κ1) is 6.68. The Morgan fingerprint density at radius 3 is 3.10 bits per heavy atom. The second-order valence-electron chi connectivity index (χ2n) is 3.24. The molecule has 56 valence electrons. The number of ether oxygens (including phenoxy) is 1. The largest absolute Gasteiger partial charge is 0.418 e. The van der Waals surface area contributed by atoms with Gasteiger partial charge in [-0.15, -0.1) is 0 Å². The van der Waals surface area contributed by atoms with Crippen LogP contribution in [0.3, 0.4) is 0 Å². The van der Waals surface area contributed by atoms with Crippen LogP contribution in [-0.4, -0.2) is 20.4 Å². The molecule has 0 spiro atoms. The first-order valence-electron chi connectivity index (χ1n) is 4.06. The zero-order chi connectivity index (χ0) is 7.03. The molecule has 3 heteroatoms. The van der Waals surface area contributed by atoms with E-state index in [1.807, 2.05) is 0 Å². The number of hydrogen-bond acceptors (Lipinski definition) is 2. The van der Waals surface area contributed by atoms with E-state index in [-0.39, 0.29) is 5.79 Å². The van der Waals surface area contributed by atoms with Gasteiger partial charge in [-0.1, -0.05) is 0 Å². The lowest BCUT2D eigenvalue weighted by Gasteiger charge is -2.27. The topological polar surface area (TPSA) is 18.5 Å². The molecular weight excluding hydrogens is 127 g/mol. The molecule has 2 nitrogen and oxygen atoms in total. The molecule has 1 saturated carbocycles. The van der Waals surface area contributed by atoms with Gasteiger partial charge in [-0.05, 0) is 19.3 Å². The van der Waals surface area contributed by atoms with Gasteiger partial charge in [0.2, 0.25) is 0 Å². The molecule has 0 aromatic rings. The molecule has 1 saturated heterocycles. The zero-order valence-electron chi connectivity index (χ0n) is 6.43. The van der Waals surface area contributed by atoms with Crippen molar-refractivity contribution in [3.8, 4) is 0 Å². The lowest BCUT2D eigenvalue weighted by molar-refractivity contribution is -0.158. The van der Waals surface area contributed by atoms with Gasteiger partial charge in [0.25, 0.3) is 8.05 Å². The Hall–Kier alpha value is -0.0151. The summed E-state index contributed by atoms with van der Waals surface area (Å²) in [5.41, 5.74) is 0. The van der Waals surface area contributed by atoms with Crippen molar-refractivity contribution in [1.82, 2.24) is 0 Å². The molecule has 2 fully saturated rings. The van der Waals surface area contributed by atoms with Crippen molar-refractivity contribution in [3.05, 3.63) is 0 Å². The van der Waals surface area contributed by atoms with Crippen LogP contribution in [-0.2, 0) is 9.39 Å². The van der Waals surface area contributed by atoms with E-state index in [4.69, 9.17) is 9.39 Å². The maximum atomic E-state index is 5.59. The number of hydrogen-bond donors (Lipinski definition) is 0. The smallest absolute Gasteiger partial charge is 0.261 e. The highest BCUT2D eigenvalue weighted by Crippen LogP contribution is 2.45. The predicted octanol–water partition coefficient (Wildman–Crippen LogP) is 0.468. The number of fused-ring (bicyclic) bond motifs is 1. The van der Waals surface area contributed by atoms with Gasteiger partial charge >= 0.3 is 0 Å². The first-order valence-corrected chi connectivity index (χ1v) is 4.06. The Morgan fingerprint density at radius 2 is 2.40 bits per heavy atom. The summed E-state index contributed by atoms with van der Waals surface area (Å²) >= 11 is 0. The molecule has 0 aromatic carbocycles. The molecule has 0 bridgehead atoms. The third-order valence-electron chi connectivity index (χ3n) is 2.86. The van der Waals surface area contributed by atoms with Gasteiger partial charge in [0.05, 0.1) is 6.61 Å². The van der Waals surface area contributed by atoms with E-state index in [0.29, 0.717) is 5.92 Å². The Balaban J connectivity index is 2.15. The average molecular weight is 140 g/mol. The Kier molecular flexibility index (Phi) is 1.50. The SMILES string of the molecule is BOC12CCCC1CCO2. The van der Waals surface area contributed by atoms with Gasteiger partial charge in [0.1, 0.15) is 0 Å². The highest BCUT2D eigenvalue weighted by Gasteiger charge is 2.47. The van der Waals surface area contributed by atoms with Crippen LogP contribution in [0.1, 0.15) is 25.7 Å². The van der Waals surface area contributed by atoms with Crippen LogP contribution in [0.5, 0.6) is 0 Å². The van der Waals surface area contributed by atoms with Gasteiger partial charge in [-0.3, -0.25) is 0 Å². The molecule has 1 aliphatic carbocycles. The second-order valence-corrected chi connectivity index (χ2v) is 3.24. The average Bonchev–Trinajstić information content (AvgIpc) is 2.42. The first-order chi connectivity index (χ1) is 4.87. The minimum absolute atomic E-state index is 0.153. The van der Waals surface area contributed by atoms with E-state index in [9.17, 15) is 0 Å². The molecule has 0 aromatic heterocycles. The van der Waals surface area contributed by atoms with Crippen LogP contribution in [0.15, 0.2) is 0 Å². The quantitative estimate of drug-likeness (QED) is 0.493. The normalized spacial score (nSPS) is 45.8. The summed E-state index contributed by atoms with van der Waals surface area (Å²) in [6.07, 6.45) is 4.88. The van der Waals surface area contributed by atoms with E-state index in [1.165, 1.54) is 19.3 Å². The third-order valence-corrected chi connectivity index (χ3v) is 2.86. The molecule has 2 unspecified atom stereocenters. The third kappa shape index (κ3) is 0.737. The Bertz CT molecular complexity index is 128. The van der Waals surface area contributed by atoms with Gasteiger partial charge in [-0.25, -0.2) is 0 Å². The van der Waals surface area contributed by atoms with Crippen LogP contribution in [0.4, 0.5) is 0 Å². The summed E-state index contributed by atoms with van der Waals surface area (Å²) in [7, 11) is 1.77. The molecule has 0 radical (unpaired) electrons. The molecule has 0 N–H and O–H groups in total. The molecule has 0 amide bonds. The van der Waals surface area contributed by atoms with E-state index >= 15 is 0 Å². The Morgan fingerprint density at radius 1 is 1.50 bits per heavy atom. The lowest BCUT2D eigenvalue weighted by Crippen LogP contribution is -2.33. The lowest BCUT2D eigenvalue weighted by atomic mass is 10.0. The predicted molar refractivity (Wildman–Crippen MR) is 40.3 cm³/mol. The van der Waals surface area contributed by atoms with Crippen LogP contribution >= 0.6 is 0 Å². The fourth-order valence-corrected chi connectivity index (χ4v) is 2.27. The van der Waals surface area contributed by atoms with Gasteiger partial charge in [-0.2, -0.15) is 0 Å². The van der Waals surface area contributed by atoms with Crippen molar-refractivity contribution in [2.75, 3.05) is 6.61 Å².